The molecule has 0 spiro atoms. The number of aliphatic hydroxyl groups excluding tert-OH is 1. The zero-order chi connectivity index (χ0) is 40.5. The highest BCUT2D eigenvalue weighted by atomic mass is 16.5. The third-order valence-electron chi connectivity index (χ3n) is 12.3. The van der Waals surface area contributed by atoms with Gasteiger partial charge in [-0.2, -0.15) is 0 Å². The van der Waals surface area contributed by atoms with Crippen LogP contribution in [0.1, 0.15) is 79.7 Å². The van der Waals surface area contributed by atoms with E-state index in [1.807, 2.05) is 77.0 Å². The summed E-state index contributed by atoms with van der Waals surface area (Å²) in [4.78, 5) is 62.6. The Hall–Kier alpha value is -3.26. The lowest BCUT2D eigenvalue weighted by Crippen LogP contribution is -2.71. The van der Waals surface area contributed by atoms with Gasteiger partial charge in [-0.15, -0.1) is 0 Å². The van der Waals surface area contributed by atoms with Gasteiger partial charge in [0.25, 0.3) is 0 Å². The number of piperazine rings is 1. The number of hydrogen-bond donors (Lipinski definition) is 3. The topological polar surface area (TPSA) is 158 Å². The van der Waals surface area contributed by atoms with E-state index in [0.717, 1.165) is 18.4 Å². The summed E-state index contributed by atoms with van der Waals surface area (Å²) in [7, 11) is 6.96. The van der Waals surface area contributed by atoms with Crippen LogP contribution >= 0.6 is 0 Å². The van der Waals surface area contributed by atoms with Gasteiger partial charge in [-0.25, -0.2) is 4.79 Å². The SMILES string of the molecule is CC[C@H](C)[C@@H]([C@@H](CC(=O)N1CCC[C@H]1[C@H](OC)[C@@H](C)C(=O)N[C@H](CO)Cc1ccccc1)OC)N(C)C(=O)[C@@H](C(C)C)C1N(C)CCN(C(N)=O)C1(C)C. The third-order valence-corrected chi connectivity index (χ3v) is 12.3. The summed E-state index contributed by atoms with van der Waals surface area (Å²) in [5.74, 6) is -1.52. The number of rotatable bonds is 18. The Morgan fingerprint density at radius 2 is 1.69 bits per heavy atom. The Labute approximate surface area is 324 Å². The van der Waals surface area contributed by atoms with Gasteiger partial charge in [-0.05, 0) is 57.6 Å². The van der Waals surface area contributed by atoms with Gasteiger partial charge >= 0.3 is 6.03 Å². The Balaban J connectivity index is 1.82. The van der Waals surface area contributed by atoms with Crippen LogP contribution in [-0.4, -0.2) is 145 Å². The minimum atomic E-state index is -0.704. The molecule has 1 aromatic carbocycles. The number of likely N-dealkylation sites (tertiary alicyclic amines) is 1. The molecule has 2 heterocycles. The van der Waals surface area contributed by atoms with Crippen LogP contribution in [0.3, 0.4) is 0 Å². The molecular formula is C41H70N6O7. The van der Waals surface area contributed by atoms with Gasteiger partial charge in [0.2, 0.25) is 17.7 Å². The molecule has 3 rings (SSSR count). The molecule has 1 unspecified atom stereocenters. The van der Waals surface area contributed by atoms with Crippen LogP contribution in [0.15, 0.2) is 30.3 Å². The molecule has 4 N–H and O–H groups in total. The maximum Gasteiger partial charge on any atom is 0.315 e. The van der Waals surface area contributed by atoms with Crippen molar-refractivity contribution in [1.29, 1.82) is 0 Å². The monoisotopic (exact) mass is 759 g/mol. The second-order valence-electron chi connectivity index (χ2n) is 16.5. The number of likely N-dealkylation sites (N-methyl/N-ethyl adjacent to an activating group) is 2. The Morgan fingerprint density at radius 3 is 2.22 bits per heavy atom. The predicted molar refractivity (Wildman–Crippen MR) is 210 cm³/mol. The first-order valence-electron chi connectivity index (χ1n) is 19.8. The van der Waals surface area contributed by atoms with Gasteiger partial charge in [0.15, 0.2) is 0 Å². The number of primary amides is 1. The molecule has 0 aromatic heterocycles. The number of aliphatic hydroxyl groups is 1. The Kier molecular flexibility index (Phi) is 16.8. The standard InChI is InChI=1S/C41H70N6O7/c1-12-27(4)35(45(9)39(51)34(26(2)3)37-41(6,7)47(40(42)52)22-21-44(37)8)32(53-10)24-33(49)46-20-16-19-31(46)36(54-11)28(5)38(50)43-30(25-48)23-29-17-14-13-15-18-29/h13-15,17-18,26-28,30-32,34-37,48H,12,16,19-25H2,1-11H3,(H2,42,52)(H,43,50)/t27-,28+,30-,31-,32+,34-,35-,36+,37?/m0/s1. The number of nitrogens with two attached hydrogens (primary N) is 1. The zero-order valence-electron chi connectivity index (χ0n) is 34.8. The minimum Gasteiger partial charge on any atom is -0.394 e. The van der Waals surface area contributed by atoms with Gasteiger partial charge in [-0.3, -0.25) is 19.3 Å². The molecule has 54 heavy (non-hydrogen) atoms. The maximum absolute atomic E-state index is 14.8. The molecular weight excluding hydrogens is 688 g/mol. The van der Waals surface area contributed by atoms with E-state index in [4.69, 9.17) is 15.2 Å². The van der Waals surface area contributed by atoms with Crippen molar-refractivity contribution >= 4 is 23.8 Å². The summed E-state index contributed by atoms with van der Waals surface area (Å²) in [6.45, 7) is 15.4. The highest BCUT2D eigenvalue weighted by Gasteiger charge is 2.51. The van der Waals surface area contributed by atoms with Crippen LogP contribution in [0.25, 0.3) is 0 Å². The summed E-state index contributed by atoms with van der Waals surface area (Å²) < 4.78 is 12.1. The highest BCUT2D eigenvalue weighted by molar-refractivity contribution is 5.82. The van der Waals surface area contributed by atoms with Crippen LogP contribution in [0.4, 0.5) is 4.79 Å². The minimum absolute atomic E-state index is 0.00361. The quantitative estimate of drug-likeness (QED) is 0.206. The van der Waals surface area contributed by atoms with E-state index in [2.05, 4.69) is 24.1 Å². The molecule has 13 nitrogen and oxygen atoms in total. The van der Waals surface area contributed by atoms with E-state index >= 15 is 0 Å². The molecule has 2 aliphatic rings. The molecule has 2 aliphatic heterocycles. The second kappa shape index (κ2) is 20.1. The van der Waals surface area contributed by atoms with Crippen molar-refractivity contribution in [2.75, 3.05) is 54.6 Å². The Bertz CT molecular complexity index is 1380. The molecule has 0 saturated carbocycles. The number of benzene rings is 1. The first-order chi connectivity index (χ1) is 25.5. The number of methoxy groups -OCH3 is 2. The van der Waals surface area contributed by atoms with E-state index in [1.54, 1.807) is 30.9 Å². The molecule has 13 heteroatoms. The predicted octanol–water partition coefficient (Wildman–Crippen LogP) is 3.37. The van der Waals surface area contributed by atoms with Crippen LogP contribution in [0, 0.1) is 23.7 Å². The molecule has 2 fully saturated rings. The number of amides is 5. The maximum atomic E-state index is 14.8. The number of carbonyl (C=O) groups excluding carboxylic acids is 4. The molecule has 9 atom stereocenters. The van der Waals surface area contributed by atoms with Gasteiger partial charge in [0, 0.05) is 46.9 Å². The second-order valence-corrected chi connectivity index (χ2v) is 16.5. The number of nitrogens with one attached hydrogen (secondary N) is 1. The summed E-state index contributed by atoms with van der Waals surface area (Å²) in [5.41, 5.74) is 6.13. The van der Waals surface area contributed by atoms with Crippen molar-refractivity contribution < 1.29 is 33.8 Å². The molecule has 5 amide bonds. The van der Waals surface area contributed by atoms with Crippen molar-refractivity contribution in [2.24, 2.45) is 29.4 Å². The lowest BCUT2D eigenvalue weighted by Gasteiger charge is -2.55. The summed E-state index contributed by atoms with van der Waals surface area (Å²) in [6.07, 6.45) is 1.60. The summed E-state index contributed by atoms with van der Waals surface area (Å²) in [5, 5.41) is 13.0. The van der Waals surface area contributed by atoms with Crippen molar-refractivity contribution in [3.05, 3.63) is 35.9 Å². The van der Waals surface area contributed by atoms with Crippen LogP contribution < -0.4 is 11.1 Å². The smallest absolute Gasteiger partial charge is 0.315 e. The van der Waals surface area contributed by atoms with Crippen LogP contribution in [-0.2, 0) is 30.3 Å². The number of hydrogen-bond acceptors (Lipinski definition) is 8. The lowest BCUT2D eigenvalue weighted by molar-refractivity contribution is -0.152. The van der Waals surface area contributed by atoms with Gasteiger partial charge < -0.3 is 40.3 Å². The zero-order valence-corrected chi connectivity index (χ0v) is 34.8. The van der Waals surface area contributed by atoms with Crippen molar-refractivity contribution in [2.45, 2.75) is 122 Å². The average Bonchev–Trinajstić information content (AvgIpc) is 3.62. The van der Waals surface area contributed by atoms with Gasteiger partial charge in [0.1, 0.15) is 0 Å². The fourth-order valence-corrected chi connectivity index (χ4v) is 9.21. The first-order valence-corrected chi connectivity index (χ1v) is 19.8. The average molecular weight is 759 g/mol. The van der Waals surface area contributed by atoms with E-state index < -0.39 is 47.7 Å². The molecule has 0 aliphatic carbocycles. The van der Waals surface area contributed by atoms with Crippen molar-refractivity contribution in [3.63, 3.8) is 0 Å². The van der Waals surface area contributed by atoms with E-state index in [-0.39, 0.29) is 54.7 Å². The Morgan fingerprint density at radius 1 is 1.04 bits per heavy atom. The number of urea groups is 1. The van der Waals surface area contributed by atoms with Gasteiger partial charge in [-0.1, -0.05) is 71.4 Å². The molecule has 0 radical (unpaired) electrons. The van der Waals surface area contributed by atoms with Gasteiger partial charge in [0.05, 0.1) is 60.7 Å². The summed E-state index contributed by atoms with van der Waals surface area (Å²) >= 11 is 0. The molecule has 306 valence electrons. The van der Waals surface area contributed by atoms with Crippen LogP contribution in [0.2, 0.25) is 0 Å². The summed E-state index contributed by atoms with van der Waals surface area (Å²) in [6, 6.07) is 7.71. The number of nitrogens with zero attached hydrogens (tertiary/aromatic N) is 4. The first kappa shape index (κ1) is 45.1. The fourth-order valence-electron chi connectivity index (χ4n) is 9.21. The van der Waals surface area contributed by atoms with Crippen molar-refractivity contribution in [1.82, 2.24) is 24.9 Å². The van der Waals surface area contributed by atoms with E-state index in [1.165, 1.54) is 0 Å². The molecule has 2 saturated heterocycles. The molecule has 0 bridgehead atoms. The number of carbonyl (C=O) groups is 4. The van der Waals surface area contributed by atoms with E-state index in [0.29, 0.717) is 32.5 Å². The largest absolute Gasteiger partial charge is 0.394 e. The lowest BCUT2D eigenvalue weighted by atomic mass is 9.74. The fraction of sp³-hybridized carbons (Fsp3) is 0.756. The van der Waals surface area contributed by atoms with Crippen molar-refractivity contribution in [3.8, 4) is 0 Å². The normalized spacial score (nSPS) is 22.9. The molecule has 1 aromatic rings. The third kappa shape index (κ3) is 10.3. The highest BCUT2D eigenvalue weighted by Crippen LogP contribution is 2.37. The van der Waals surface area contributed by atoms with Crippen LogP contribution in [0.5, 0.6) is 0 Å². The van der Waals surface area contributed by atoms with E-state index in [9.17, 15) is 24.3 Å². The number of ether oxygens (including phenoxy) is 2.